The normalized spacial score (nSPS) is 12.2. The predicted molar refractivity (Wildman–Crippen MR) is 95.0 cm³/mol. The Morgan fingerprint density at radius 2 is 2.08 bits per heavy atom. The number of nitrogens with one attached hydrogen (secondary N) is 1. The van der Waals surface area contributed by atoms with Crippen molar-refractivity contribution < 1.29 is 4.79 Å². The number of benzene rings is 1. The Labute approximate surface area is 145 Å². The molecule has 0 aliphatic heterocycles. The second kappa shape index (κ2) is 7.74. The molecule has 2 aromatic heterocycles. The first kappa shape index (κ1) is 16.9. The Morgan fingerprint density at radius 1 is 1.24 bits per heavy atom. The summed E-state index contributed by atoms with van der Waals surface area (Å²) in [5.74, 6) is 0.257. The molecule has 3 aromatic rings. The van der Waals surface area contributed by atoms with E-state index >= 15 is 0 Å². The molecule has 7 nitrogen and oxygen atoms in total. The van der Waals surface area contributed by atoms with E-state index in [1.165, 1.54) is 6.20 Å². The molecule has 0 aliphatic carbocycles. The van der Waals surface area contributed by atoms with Crippen molar-refractivity contribution in [1.82, 2.24) is 24.9 Å². The Kier molecular flexibility index (Phi) is 5.23. The zero-order chi connectivity index (χ0) is 17.6. The molecule has 3 rings (SSSR count). The monoisotopic (exact) mass is 339 g/mol. The SMILES string of the molecule is CC(CNC(=O)CCn1ncc(=O)c2ccccc21)Cn1cccn1. The molecule has 0 spiro atoms. The van der Waals surface area contributed by atoms with Crippen LogP contribution < -0.4 is 10.7 Å². The zero-order valence-corrected chi connectivity index (χ0v) is 14.1. The van der Waals surface area contributed by atoms with E-state index in [1.54, 1.807) is 16.9 Å². The molecule has 7 heteroatoms. The van der Waals surface area contributed by atoms with Gasteiger partial charge in [0.1, 0.15) is 0 Å². The lowest BCUT2D eigenvalue weighted by Gasteiger charge is -2.13. The molecule has 130 valence electrons. The lowest BCUT2D eigenvalue weighted by Crippen LogP contribution is -2.31. The highest BCUT2D eigenvalue weighted by Gasteiger charge is 2.08. The van der Waals surface area contributed by atoms with Crippen LogP contribution in [0.4, 0.5) is 0 Å². The van der Waals surface area contributed by atoms with Crippen LogP contribution in [0.3, 0.4) is 0 Å². The minimum absolute atomic E-state index is 0.0307. The molecule has 0 bridgehead atoms. The van der Waals surface area contributed by atoms with Crippen LogP contribution in [0, 0.1) is 5.92 Å². The van der Waals surface area contributed by atoms with Crippen molar-refractivity contribution >= 4 is 16.8 Å². The zero-order valence-electron chi connectivity index (χ0n) is 14.1. The smallest absolute Gasteiger partial charge is 0.221 e. The molecule has 0 aliphatic rings. The number of rotatable bonds is 7. The van der Waals surface area contributed by atoms with Crippen LogP contribution in [-0.2, 0) is 17.9 Å². The van der Waals surface area contributed by atoms with Crippen molar-refractivity contribution in [1.29, 1.82) is 0 Å². The summed E-state index contributed by atoms with van der Waals surface area (Å²) in [4.78, 5) is 23.9. The van der Waals surface area contributed by atoms with Crippen LogP contribution in [0.5, 0.6) is 0 Å². The third-order valence-electron chi connectivity index (χ3n) is 4.02. The number of carbonyl (C=O) groups is 1. The number of amides is 1. The summed E-state index contributed by atoms with van der Waals surface area (Å²) in [6, 6.07) is 9.17. The van der Waals surface area contributed by atoms with E-state index in [2.05, 4.69) is 22.4 Å². The fourth-order valence-electron chi connectivity index (χ4n) is 2.72. The van der Waals surface area contributed by atoms with E-state index < -0.39 is 0 Å². The summed E-state index contributed by atoms with van der Waals surface area (Å²) in [5.41, 5.74) is 0.638. The molecular formula is C18H21N5O2. The van der Waals surface area contributed by atoms with Crippen LogP contribution in [0.15, 0.2) is 53.7 Å². The van der Waals surface area contributed by atoms with E-state index in [9.17, 15) is 9.59 Å². The fraction of sp³-hybridized carbons (Fsp3) is 0.333. The number of hydrogen-bond donors (Lipinski definition) is 1. The summed E-state index contributed by atoms with van der Waals surface area (Å²) in [6.07, 6.45) is 5.26. The standard InChI is InChI=1S/C18H21N5O2/c1-14(13-22-9-4-8-20-22)11-19-18(25)7-10-23-16-6-3-2-5-15(16)17(24)12-21-23/h2-6,8-9,12,14H,7,10-11,13H2,1H3,(H,19,25). The summed E-state index contributed by atoms with van der Waals surface area (Å²) in [7, 11) is 0. The van der Waals surface area contributed by atoms with Gasteiger partial charge >= 0.3 is 0 Å². The largest absolute Gasteiger partial charge is 0.356 e. The highest BCUT2D eigenvalue weighted by atomic mass is 16.1. The molecule has 0 saturated heterocycles. The van der Waals surface area contributed by atoms with Gasteiger partial charge in [0.15, 0.2) is 0 Å². The lowest BCUT2D eigenvalue weighted by molar-refractivity contribution is -0.121. The van der Waals surface area contributed by atoms with Gasteiger partial charge in [-0.2, -0.15) is 10.2 Å². The second-order valence-electron chi connectivity index (χ2n) is 6.14. The average molecular weight is 339 g/mol. The summed E-state index contributed by atoms with van der Waals surface area (Å²) in [6.45, 7) is 3.86. The number of nitrogens with zero attached hydrogens (tertiary/aromatic N) is 4. The van der Waals surface area contributed by atoms with Gasteiger partial charge in [-0.25, -0.2) is 0 Å². The van der Waals surface area contributed by atoms with Gasteiger partial charge in [-0.15, -0.1) is 0 Å². The first-order chi connectivity index (χ1) is 12.1. The van der Waals surface area contributed by atoms with Gasteiger partial charge < -0.3 is 5.32 Å². The number of para-hydroxylation sites is 1. The summed E-state index contributed by atoms with van der Waals surface area (Å²) >= 11 is 0. The molecule has 1 N–H and O–H groups in total. The van der Waals surface area contributed by atoms with Crippen molar-refractivity contribution in [3.8, 4) is 0 Å². The topological polar surface area (TPSA) is 81.8 Å². The second-order valence-corrected chi connectivity index (χ2v) is 6.14. The molecule has 0 radical (unpaired) electrons. The molecule has 1 amide bonds. The fourth-order valence-corrected chi connectivity index (χ4v) is 2.72. The van der Waals surface area contributed by atoms with E-state index in [0.717, 1.165) is 12.1 Å². The van der Waals surface area contributed by atoms with Gasteiger partial charge in [0, 0.05) is 37.3 Å². The minimum atomic E-state index is -0.108. The Morgan fingerprint density at radius 3 is 2.88 bits per heavy atom. The van der Waals surface area contributed by atoms with Crippen molar-refractivity contribution in [3.63, 3.8) is 0 Å². The maximum atomic E-state index is 12.1. The number of carbonyl (C=O) groups excluding carboxylic acids is 1. The number of aryl methyl sites for hydroxylation is 1. The molecule has 1 atom stereocenters. The van der Waals surface area contributed by atoms with Gasteiger partial charge in [0.2, 0.25) is 11.3 Å². The Balaban J connectivity index is 1.52. The lowest BCUT2D eigenvalue weighted by atomic mass is 10.2. The number of hydrogen-bond acceptors (Lipinski definition) is 4. The predicted octanol–water partition coefficient (Wildman–Crippen LogP) is 1.44. The molecule has 1 unspecified atom stereocenters. The van der Waals surface area contributed by atoms with Gasteiger partial charge in [0.25, 0.3) is 0 Å². The van der Waals surface area contributed by atoms with E-state index in [-0.39, 0.29) is 17.3 Å². The first-order valence-corrected chi connectivity index (χ1v) is 8.32. The molecule has 1 aromatic carbocycles. The van der Waals surface area contributed by atoms with Crippen molar-refractivity contribution in [2.45, 2.75) is 26.4 Å². The molecule has 25 heavy (non-hydrogen) atoms. The summed E-state index contributed by atoms with van der Waals surface area (Å²) in [5, 5.41) is 11.9. The third kappa shape index (κ3) is 4.32. The molecule has 0 saturated carbocycles. The molecular weight excluding hydrogens is 318 g/mol. The maximum absolute atomic E-state index is 12.1. The van der Waals surface area contributed by atoms with Crippen molar-refractivity contribution in [2.24, 2.45) is 5.92 Å². The first-order valence-electron chi connectivity index (χ1n) is 8.32. The van der Waals surface area contributed by atoms with Crippen LogP contribution in [0.25, 0.3) is 10.9 Å². The van der Waals surface area contributed by atoms with Crippen LogP contribution in [0.2, 0.25) is 0 Å². The van der Waals surface area contributed by atoms with E-state index in [4.69, 9.17) is 0 Å². The van der Waals surface area contributed by atoms with Crippen molar-refractivity contribution in [2.75, 3.05) is 6.54 Å². The number of fused-ring (bicyclic) bond motifs is 1. The van der Waals surface area contributed by atoms with Gasteiger partial charge in [-0.1, -0.05) is 19.1 Å². The quantitative estimate of drug-likeness (QED) is 0.706. The maximum Gasteiger partial charge on any atom is 0.221 e. The molecule has 0 fully saturated rings. The van der Waals surface area contributed by atoms with Gasteiger partial charge in [-0.3, -0.25) is 19.0 Å². The average Bonchev–Trinajstić information content (AvgIpc) is 3.12. The highest BCUT2D eigenvalue weighted by molar-refractivity contribution is 5.79. The van der Waals surface area contributed by atoms with Crippen LogP contribution >= 0.6 is 0 Å². The number of aromatic nitrogens is 4. The van der Waals surface area contributed by atoms with Gasteiger partial charge in [-0.05, 0) is 24.1 Å². The van der Waals surface area contributed by atoms with Crippen LogP contribution in [0.1, 0.15) is 13.3 Å². The Bertz CT molecular complexity index is 901. The Hall–Kier alpha value is -2.96. The van der Waals surface area contributed by atoms with Crippen LogP contribution in [-0.4, -0.2) is 32.0 Å². The highest BCUT2D eigenvalue weighted by Crippen LogP contribution is 2.08. The van der Waals surface area contributed by atoms with E-state index in [1.807, 2.05) is 35.1 Å². The van der Waals surface area contributed by atoms with E-state index in [0.29, 0.717) is 24.9 Å². The molecule has 2 heterocycles. The minimum Gasteiger partial charge on any atom is -0.356 e. The summed E-state index contributed by atoms with van der Waals surface area (Å²) < 4.78 is 3.55. The third-order valence-corrected chi connectivity index (χ3v) is 4.02. The van der Waals surface area contributed by atoms with Gasteiger partial charge in [0.05, 0.1) is 18.3 Å². The van der Waals surface area contributed by atoms with Crippen molar-refractivity contribution in [3.05, 3.63) is 59.1 Å².